The highest BCUT2D eigenvalue weighted by molar-refractivity contribution is 5.85. The van der Waals surface area contributed by atoms with Gasteiger partial charge in [-0.15, -0.1) is 0 Å². The van der Waals surface area contributed by atoms with Crippen LogP contribution in [0.1, 0.15) is 23.4 Å². The second-order valence-corrected chi connectivity index (χ2v) is 6.47. The maximum absolute atomic E-state index is 13.0. The Kier molecular flexibility index (Phi) is 4.14. The van der Waals surface area contributed by atoms with Crippen molar-refractivity contribution in [3.05, 3.63) is 63.7 Å². The van der Waals surface area contributed by atoms with Gasteiger partial charge in [0.2, 0.25) is 0 Å². The summed E-state index contributed by atoms with van der Waals surface area (Å²) < 4.78 is 45.6. The third-order valence-corrected chi connectivity index (χ3v) is 4.72. The predicted molar refractivity (Wildman–Crippen MR) is 98.2 cm³/mol. The summed E-state index contributed by atoms with van der Waals surface area (Å²) in [6.45, 7) is 0.402. The van der Waals surface area contributed by atoms with Crippen molar-refractivity contribution in [1.29, 1.82) is 0 Å². The van der Waals surface area contributed by atoms with Crippen molar-refractivity contribution in [1.82, 2.24) is 9.55 Å². The van der Waals surface area contributed by atoms with E-state index < -0.39 is 11.7 Å². The molecular formula is C20H15F3N2O3. The normalized spacial score (nSPS) is 15.2. The van der Waals surface area contributed by atoms with Crippen LogP contribution in [-0.4, -0.2) is 21.8 Å². The molecule has 0 radical (unpaired) electrons. The van der Waals surface area contributed by atoms with Gasteiger partial charge in [0, 0.05) is 6.54 Å². The highest BCUT2D eigenvalue weighted by Gasteiger charge is 2.31. The fourth-order valence-electron chi connectivity index (χ4n) is 3.32. The molecule has 0 bridgehead atoms. The quantitative estimate of drug-likeness (QED) is 0.719. The molecule has 3 aromatic rings. The number of methoxy groups -OCH3 is 1. The van der Waals surface area contributed by atoms with Crippen molar-refractivity contribution in [2.24, 2.45) is 0 Å². The molecular weight excluding hydrogens is 373 g/mol. The number of hydrogen-bond donors (Lipinski definition) is 1. The van der Waals surface area contributed by atoms with Crippen LogP contribution in [0.15, 0.2) is 41.2 Å². The molecule has 8 heteroatoms. The molecule has 0 spiro atoms. The van der Waals surface area contributed by atoms with Gasteiger partial charge in [0.25, 0.3) is 5.56 Å². The number of benzene rings is 2. The Bertz CT molecular complexity index is 1180. The standard InChI is InChI=1S/C20H15F3N2O3/c1-28-17-9-11(2-5-16(17)26)8-12-6-7-25-18(12)24-15-10-13(20(21,22)23)3-4-14(15)19(25)27/h2-5,8-10,26H,6-7H2,1H3/b12-8-. The van der Waals surface area contributed by atoms with Gasteiger partial charge in [-0.2, -0.15) is 13.2 Å². The Hall–Kier alpha value is -3.29. The molecule has 0 amide bonds. The van der Waals surface area contributed by atoms with Crippen LogP contribution >= 0.6 is 0 Å². The maximum Gasteiger partial charge on any atom is 0.416 e. The van der Waals surface area contributed by atoms with Crippen LogP contribution in [0.25, 0.3) is 22.6 Å². The lowest BCUT2D eigenvalue weighted by molar-refractivity contribution is -0.137. The fraction of sp³-hybridized carbons (Fsp3) is 0.200. The predicted octanol–water partition coefficient (Wildman–Crippen LogP) is 4.07. The lowest BCUT2D eigenvalue weighted by atomic mass is 10.1. The SMILES string of the molecule is COc1cc(/C=C2/CCn3c2nc2cc(C(F)(F)F)ccc2c3=O)ccc1O. The van der Waals surface area contributed by atoms with E-state index in [4.69, 9.17) is 4.74 Å². The van der Waals surface area contributed by atoms with Gasteiger partial charge >= 0.3 is 6.18 Å². The monoisotopic (exact) mass is 388 g/mol. The Morgan fingerprint density at radius 1 is 1.21 bits per heavy atom. The van der Waals surface area contributed by atoms with E-state index >= 15 is 0 Å². The van der Waals surface area contributed by atoms with Gasteiger partial charge in [0.1, 0.15) is 5.82 Å². The molecule has 2 heterocycles. The van der Waals surface area contributed by atoms with Gasteiger partial charge in [0.05, 0.1) is 23.6 Å². The Morgan fingerprint density at radius 2 is 2.00 bits per heavy atom. The average Bonchev–Trinajstić information content (AvgIpc) is 3.05. The number of alkyl halides is 3. The molecule has 4 rings (SSSR count). The lowest BCUT2D eigenvalue weighted by Crippen LogP contribution is -2.21. The molecule has 1 aliphatic rings. The number of phenols is 1. The third kappa shape index (κ3) is 3.00. The van der Waals surface area contributed by atoms with E-state index in [0.29, 0.717) is 24.5 Å². The molecule has 28 heavy (non-hydrogen) atoms. The van der Waals surface area contributed by atoms with Gasteiger partial charge in [-0.1, -0.05) is 6.07 Å². The van der Waals surface area contributed by atoms with Crippen LogP contribution in [-0.2, 0) is 12.7 Å². The number of nitrogens with zero attached hydrogens (tertiary/aromatic N) is 2. The van der Waals surface area contributed by atoms with Crippen LogP contribution in [0.2, 0.25) is 0 Å². The van der Waals surface area contributed by atoms with Crippen LogP contribution < -0.4 is 10.3 Å². The van der Waals surface area contributed by atoms with Crippen molar-refractivity contribution in [2.45, 2.75) is 19.1 Å². The van der Waals surface area contributed by atoms with E-state index in [1.807, 2.05) is 0 Å². The number of hydrogen-bond acceptors (Lipinski definition) is 4. The number of aromatic hydroxyl groups is 1. The number of phenolic OH excluding ortho intramolecular Hbond substituents is 1. The molecule has 1 aromatic heterocycles. The third-order valence-electron chi connectivity index (χ3n) is 4.72. The first-order valence-corrected chi connectivity index (χ1v) is 8.47. The first-order valence-electron chi connectivity index (χ1n) is 8.47. The molecule has 144 valence electrons. The minimum Gasteiger partial charge on any atom is -0.504 e. The summed E-state index contributed by atoms with van der Waals surface area (Å²) in [5.41, 5.74) is 0.256. The number of fused-ring (bicyclic) bond motifs is 2. The smallest absolute Gasteiger partial charge is 0.416 e. The zero-order valence-corrected chi connectivity index (χ0v) is 14.7. The second-order valence-electron chi connectivity index (χ2n) is 6.47. The summed E-state index contributed by atoms with van der Waals surface area (Å²) in [4.78, 5) is 17.0. The minimum atomic E-state index is -4.51. The summed E-state index contributed by atoms with van der Waals surface area (Å²) in [5.74, 6) is 0.645. The number of halogens is 3. The van der Waals surface area contributed by atoms with Gasteiger partial charge in [-0.3, -0.25) is 9.36 Å². The van der Waals surface area contributed by atoms with E-state index in [1.54, 1.807) is 18.2 Å². The van der Waals surface area contributed by atoms with Gasteiger partial charge < -0.3 is 9.84 Å². The summed E-state index contributed by atoms with van der Waals surface area (Å²) in [7, 11) is 1.43. The molecule has 0 aliphatic carbocycles. The molecule has 1 aliphatic heterocycles. The zero-order valence-electron chi connectivity index (χ0n) is 14.7. The maximum atomic E-state index is 13.0. The van der Waals surface area contributed by atoms with Crippen molar-refractivity contribution < 1.29 is 23.0 Å². The topological polar surface area (TPSA) is 64.4 Å². The van der Waals surface area contributed by atoms with E-state index in [1.165, 1.54) is 23.8 Å². The Balaban J connectivity index is 1.86. The molecule has 1 N–H and O–H groups in total. The average molecular weight is 388 g/mol. The molecule has 0 atom stereocenters. The number of ether oxygens (including phenoxy) is 1. The van der Waals surface area contributed by atoms with Crippen molar-refractivity contribution >= 4 is 22.6 Å². The minimum absolute atomic E-state index is 0.00325. The summed E-state index contributed by atoms with van der Waals surface area (Å²) in [5, 5.41) is 9.86. The molecule has 0 fully saturated rings. The van der Waals surface area contributed by atoms with Crippen molar-refractivity contribution in [2.75, 3.05) is 7.11 Å². The van der Waals surface area contributed by atoms with Crippen LogP contribution in [0, 0.1) is 0 Å². The largest absolute Gasteiger partial charge is 0.504 e. The highest BCUT2D eigenvalue weighted by Crippen LogP contribution is 2.33. The molecule has 0 unspecified atom stereocenters. The first-order chi connectivity index (χ1) is 13.3. The number of rotatable bonds is 2. The van der Waals surface area contributed by atoms with Gasteiger partial charge in [-0.05, 0) is 54.0 Å². The van der Waals surface area contributed by atoms with Crippen molar-refractivity contribution in [3.8, 4) is 11.5 Å². The Labute approximate surface area is 157 Å². The lowest BCUT2D eigenvalue weighted by Gasteiger charge is -2.09. The zero-order chi connectivity index (χ0) is 20.1. The van der Waals surface area contributed by atoms with E-state index in [9.17, 15) is 23.1 Å². The summed E-state index contributed by atoms with van der Waals surface area (Å²) >= 11 is 0. The van der Waals surface area contributed by atoms with Crippen LogP contribution in [0.3, 0.4) is 0 Å². The van der Waals surface area contributed by atoms with E-state index in [2.05, 4.69) is 4.98 Å². The Morgan fingerprint density at radius 3 is 2.71 bits per heavy atom. The molecule has 2 aromatic carbocycles. The first kappa shape index (κ1) is 18.1. The molecule has 0 saturated carbocycles. The van der Waals surface area contributed by atoms with Crippen LogP contribution in [0.5, 0.6) is 11.5 Å². The van der Waals surface area contributed by atoms with E-state index in [-0.39, 0.29) is 22.2 Å². The van der Waals surface area contributed by atoms with Gasteiger partial charge in [0.15, 0.2) is 11.5 Å². The molecule has 0 saturated heterocycles. The number of allylic oxidation sites excluding steroid dienone is 1. The summed E-state index contributed by atoms with van der Waals surface area (Å²) in [6.07, 6.45) is -2.20. The highest BCUT2D eigenvalue weighted by atomic mass is 19.4. The van der Waals surface area contributed by atoms with Crippen LogP contribution in [0.4, 0.5) is 13.2 Å². The van der Waals surface area contributed by atoms with E-state index in [0.717, 1.165) is 23.3 Å². The summed E-state index contributed by atoms with van der Waals surface area (Å²) in [6, 6.07) is 7.76. The fourth-order valence-corrected chi connectivity index (χ4v) is 3.32. The second kappa shape index (κ2) is 6.40. The van der Waals surface area contributed by atoms with Crippen molar-refractivity contribution in [3.63, 3.8) is 0 Å². The van der Waals surface area contributed by atoms with Gasteiger partial charge in [-0.25, -0.2) is 4.98 Å². The number of aromatic nitrogens is 2. The molecule has 5 nitrogen and oxygen atoms in total.